The van der Waals surface area contributed by atoms with Crippen LogP contribution in [0.5, 0.6) is 0 Å². The topological polar surface area (TPSA) is 55.2 Å². The Bertz CT molecular complexity index is 1150. The predicted octanol–water partition coefficient (Wildman–Crippen LogP) is 5.35. The number of aryl methyl sites for hydroxylation is 2. The fraction of sp³-hybridized carbons (Fsp3) is 0.423. The predicted molar refractivity (Wildman–Crippen MR) is 127 cm³/mol. The van der Waals surface area contributed by atoms with Gasteiger partial charge in [0.05, 0.1) is 22.6 Å². The Morgan fingerprint density at radius 2 is 1.81 bits per heavy atom. The Morgan fingerprint density at radius 1 is 1.10 bits per heavy atom. The van der Waals surface area contributed by atoms with Gasteiger partial charge in [-0.3, -0.25) is 14.2 Å². The van der Waals surface area contributed by atoms with Crippen LogP contribution in [0.1, 0.15) is 63.5 Å². The first kappa shape index (κ1) is 22.7. The molecule has 1 atom stereocenters. The molecule has 0 saturated carbocycles. The van der Waals surface area contributed by atoms with Crippen molar-refractivity contribution < 1.29 is 4.79 Å². The van der Waals surface area contributed by atoms with Gasteiger partial charge in [-0.2, -0.15) is 0 Å². The smallest absolute Gasteiger partial charge is 0.266 e. The Balaban J connectivity index is 2.29. The van der Waals surface area contributed by atoms with Gasteiger partial charge in [-0.1, -0.05) is 57.0 Å². The molecule has 0 radical (unpaired) electrons. The highest BCUT2D eigenvalue weighted by Crippen LogP contribution is 2.26. The second-order valence-electron chi connectivity index (χ2n) is 8.63. The van der Waals surface area contributed by atoms with E-state index in [0.29, 0.717) is 23.3 Å². The summed E-state index contributed by atoms with van der Waals surface area (Å²) in [5, 5.41) is 0.578. The van der Waals surface area contributed by atoms with Crippen LogP contribution in [0.15, 0.2) is 47.3 Å². The highest BCUT2D eigenvalue weighted by atomic mass is 16.2. The van der Waals surface area contributed by atoms with E-state index < -0.39 is 0 Å². The second kappa shape index (κ2) is 9.46. The molecule has 0 aliphatic carbocycles. The van der Waals surface area contributed by atoms with Gasteiger partial charge in [0.1, 0.15) is 5.82 Å². The number of fused-ring (bicyclic) bond motifs is 1. The van der Waals surface area contributed by atoms with E-state index in [2.05, 4.69) is 13.0 Å². The number of hydrogen-bond acceptors (Lipinski definition) is 3. The summed E-state index contributed by atoms with van der Waals surface area (Å²) in [6.07, 6.45) is 1.90. The van der Waals surface area contributed by atoms with Gasteiger partial charge >= 0.3 is 0 Å². The third-order valence-electron chi connectivity index (χ3n) is 5.77. The van der Waals surface area contributed by atoms with Gasteiger partial charge in [0.25, 0.3) is 5.56 Å². The van der Waals surface area contributed by atoms with E-state index in [-0.39, 0.29) is 23.4 Å². The van der Waals surface area contributed by atoms with E-state index in [1.54, 1.807) is 4.57 Å². The molecule has 1 aromatic heterocycles. The van der Waals surface area contributed by atoms with E-state index >= 15 is 0 Å². The fourth-order valence-electron chi connectivity index (χ4n) is 4.01. The van der Waals surface area contributed by atoms with E-state index in [1.807, 2.05) is 75.9 Å². The van der Waals surface area contributed by atoms with Crippen molar-refractivity contribution >= 4 is 16.8 Å². The van der Waals surface area contributed by atoms with Crippen molar-refractivity contribution in [3.8, 4) is 5.69 Å². The zero-order chi connectivity index (χ0) is 22.7. The van der Waals surface area contributed by atoms with E-state index in [0.717, 1.165) is 29.7 Å². The summed E-state index contributed by atoms with van der Waals surface area (Å²) in [5.74, 6) is 0.553. The highest BCUT2D eigenvalue weighted by Gasteiger charge is 2.28. The summed E-state index contributed by atoms with van der Waals surface area (Å²) >= 11 is 0. The zero-order valence-electron chi connectivity index (χ0n) is 19.5. The largest absolute Gasteiger partial charge is 0.333 e. The summed E-state index contributed by atoms with van der Waals surface area (Å²) in [6, 6.07) is 13.1. The first-order valence-corrected chi connectivity index (χ1v) is 11.2. The lowest BCUT2D eigenvalue weighted by molar-refractivity contribution is -0.137. The van der Waals surface area contributed by atoms with Crippen LogP contribution < -0.4 is 5.56 Å². The maximum Gasteiger partial charge on any atom is 0.266 e. The molecule has 1 amide bonds. The van der Waals surface area contributed by atoms with Gasteiger partial charge in [0, 0.05) is 12.5 Å². The maximum atomic E-state index is 13.7. The van der Waals surface area contributed by atoms with Crippen molar-refractivity contribution in [2.75, 3.05) is 6.54 Å². The molecule has 3 rings (SSSR count). The lowest BCUT2D eigenvalue weighted by atomic mass is 10.1. The number of carbonyl (C=O) groups excluding carboxylic acids is 1. The molecule has 0 bridgehead atoms. The zero-order valence-corrected chi connectivity index (χ0v) is 19.5. The molecule has 1 heterocycles. The molecule has 0 saturated heterocycles. The van der Waals surface area contributed by atoms with Crippen molar-refractivity contribution in [3.05, 3.63) is 69.8 Å². The molecule has 2 aromatic carbocycles. The normalized spacial score (nSPS) is 12.4. The molecule has 0 aliphatic heterocycles. The first-order chi connectivity index (χ1) is 14.8. The van der Waals surface area contributed by atoms with Crippen LogP contribution >= 0.6 is 0 Å². The monoisotopic (exact) mass is 419 g/mol. The number of rotatable bonds is 7. The van der Waals surface area contributed by atoms with Crippen LogP contribution in [-0.2, 0) is 4.79 Å². The van der Waals surface area contributed by atoms with Crippen LogP contribution in [0.2, 0.25) is 0 Å². The number of amides is 1. The number of hydrogen-bond donors (Lipinski definition) is 0. The molecule has 0 N–H and O–H groups in total. The number of para-hydroxylation sites is 1. The summed E-state index contributed by atoms with van der Waals surface area (Å²) in [4.78, 5) is 33.5. The molecule has 0 fully saturated rings. The van der Waals surface area contributed by atoms with Crippen molar-refractivity contribution in [1.29, 1.82) is 0 Å². The Kier molecular flexibility index (Phi) is 6.94. The van der Waals surface area contributed by atoms with Gasteiger partial charge in [0.15, 0.2) is 0 Å². The highest BCUT2D eigenvalue weighted by molar-refractivity contribution is 5.80. The minimum atomic E-state index is -0.334. The second-order valence-corrected chi connectivity index (χ2v) is 8.63. The number of aromatic nitrogens is 2. The SMILES string of the molecule is CCCCN(C(=O)C(C)C)[C@@H](C)c1nc2ccccc2c(=O)n1-c1ccc(C)cc1C. The van der Waals surface area contributed by atoms with E-state index in [9.17, 15) is 9.59 Å². The molecular formula is C26H33N3O2. The minimum Gasteiger partial charge on any atom is -0.333 e. The lowest BCUT2D eigenvalue weighted by Crippen LogP contribution is -2.40. The standard InChI is InChI=1S/C26H33N3O2/c1-7-8-15-28(25(30)17(2)3)20(6)24-27-22-12-10-9-11-21(22)26(31)29(24)23-14-13-18(4)16-19(23)5/h9-14,16-17,20H,7-8,15H2,1-6H3/t20-/m0/s1. The van der Waals surface area contributed by atoms with E-state index in [4.69, 9.17) is 4.98 Å². The van der Waals surface area contributed by atoms with Crippen LogP contribution in [0.4, 0.5) is 0 Å². The molecule has 5 heteroatoms. The lowest BCUT2D eigenvalue weighted by Gasteiger charge is -2.32. The summed E-state index contributed by atoms with van der Waals surface area (Å²) < 4.78 is 1.70. The van der Waals surface area contributed by atoms with Crippen molar-refractivity contribution in [1.82, 2.24) is 14.5 Å². The van der Waals surface area contributed by atoms with Gasteiger partial charge < -0.3 is 4.90 Å². The number of benzene rings is 2. The number of carbonyl (C=O) groups is 1. The van der Waals surface area contributed by atoms with Gasteiger partial charge in [0.2, 0.25) is 5.91 Å². The quantitative estimate of drug-likeness (QED) is 0.519. The average molecular weight is 420 g/mol. The van der Waals surface area contributed by atoms with Crippen molar-refractivity contribution in [2.24, 2.45) is 5.92 Å². The Labute approximate surface area is 184 Å². The number of unbranched alkanes of at least 4 members (excludes halogenated alkanes) is 1. The molecule has 31 heavy (non-hydrogen) atoms. The Hall–Kier alpha value is -2.95. The van der Waals surface area contributed by atoms with Crippen LogP contribution in [0.25, 0.3) is 16.6 Å². The summed E-state index contributed by atoms with van der Waals surface area (Å²) in [5.41, 5.74) is 3.50. The third kappa shape index (κ3) is 4.55. The van der Waals surface area contributed by atoms with Gasteiger partial charge in [-0.15, -0.1) is 0 Å². The molecule has 0 aliphatic rings. The fourth-order valence-corrected chi connectivity index (χ4v) is 4.01. The molecule has 0 unspecified atom stereocenters. The van der Waals surface area contributed by atoms with Crippen LogP contribution in [0.3, 0.4) is 0 Å². The maximum absolute atomic E-state index is 13.7. The first-order valence-electron chi connectivity index (χ1n) is 11.2. The molecule has 164 valence electrons. The average Bonchev–Trinajstić information content (AvgIpc) is 2.74. The molecule has 5 nitrogen and oxygen atoms in total. The van der Waals surface area contributed by atoms with Crippen LogP contribution in [-0.4, -0.2) is 26.9 Å². The van der Waals surface area contributed by atoms with Gasteiger partial charge in [-0.05, 0) is 51.0 Å². The van der Waals surface area contributed by atoms with E-state index in [1.165, 1.54) is 0 Å². The third-order valence-corrected chi connectivity index (χ3v) is 5.77. The molecular weight excluding hydrogens is 386 g/mol. The van der Waals surface area contributed by atoms with Gasteiger partial charge in [-0.25, -0.2) is 4.98 Å². The molecule has 0 spiro atoms. The summed E-state index contributed by atoms with van der Waals surface area (Å²) in [7, 11) is 0. The van der Waals surface area contributed by atoms with Crippen LogP contribution in [0, 0.1) is 19.8 Å². The van der Waals surface area contributed by atoms with Crippen molar-refractivity contribution in [3.63, 3.8) is 0 Å². The van der Waals surface area contributed by atoms with Crippen molar-refractivity contribution in [2.45, 2.75) is 60.4 Å². The Morgan fingerprint density at radius 3 is 2.45 bits per heavy atom. The minimum absolute atomic E-state index is 0.0792. The summed E-state index contributed by atoms with van der Waals surface area (Å²) in [6.45, 7) is 12.6. The number of nitrogens with zero attached hydrogens (tertiary/aromatic N) is 3. The molecule has 3 aromatic rings.